The van der Waals surface area contributed by atoms with Crippen LogP contribution in [0.2, 0.25) is 5.02 Å². The Bertz CT molecular complexity index is 1710. The zero-order chi connectivity index (χ0) is 26.9. The number of anilines is 2. The van der Waals surface area contributed by atoms with E-state index >= 15 is 0 Å². The second-order valence-electron chi connectivity index (χ2n) is 9.00. The smallest absolute Gasteiger partial charge is 0.252 e. The Kier molecular flexibility index (Phi) is 6.55. The van der Waals surface area contributed by atoms with E-state index in [-0.39, 0.29) is 36.3 Å². The van der Waals surface area contributed by atoms with Crippen LogP contribution in [0.3, 0.4) is 0 Å². The molecule has 3 aromatic heterocycles. The van der Waals surface area contributed by atoms with Crippen LogP contribution in [0.1, 0.15) is 6.42 Å². The van der Waals surface area contributed by atoms with Crippen LogP contribution in [0.5, 0.6) is 0 Å². The van der Waals surface area contributed by atoms with Crippen LogP contribution in [-0.2, 0) is 9.59 Å². The predicted octanol–water partition coefficient (Wildman–Crippen LogP) is 5.00. The average Bonchev–Trinajstić information content (AvgIpc) is 3.70. The third-order valence-corrected chi connectivity index (χ3v) is 7.51. The lowest BCUT2D eigenvalue weighted by molar-refractivity contribution is -0.122. The molecule has 0 radical (unpaired) electrons. The fourth-order valence-electron chi connectivity index (χ4n) is 4.46. The molecule has 2 aromatic carbocycles. The molecule has 1 atom stereocenters. The molecule has 0 saturated carbocycles. The maximum absolute atomic E-state index is 13.4. The molecule has 1 saturated heterocycles. The molecule has 1 aliphatic heterocycles. The van der Waals surface area contributed by atoms with Crippen LogP contribution in [0.4, 0.5) is 11.5 Å². The fourth-order valence-corrected chi connectivity index (χ4v) is 5.27. The molecule has 39 heavy (non-hydrogen) atoms. The summed E-state index contributed by atoms with van der Waals surface area (Å²) in [4.78, 5) is 48.5. The van der Waals surface area contributed by atoms with Gasteiger partial charge in [-0.25, -0.2) is 4.98 Å². The van der Waals surface area contributed by atoms with Crippen molar-refractivity contribution in [2.45, 2.75) is 6.42 Å². The standard InChI is InChI=1S/C28H21ClN6O3S/c29-19-8-10-20(11-9-19)34-16-18(13-26(34)37)27(38)31-24-14-22(23-7-4-12-39-23)33-35(24)28-30-21(15-25(36)32-28)17-5-2-1-3-6-17/h1-12,14-15,18H,13,16H2,(H,31,38)(H,30,32,36). The lowest BCUT2D eigenvalue weighted by atomic mass is 10.1. The zero-order valence-electron chi connectivity index (χ0n) is 20.4. The summed E-state index contributed by atoms with van der Waals surface area (Å²) in [6.07, 6.45) is 0.0684. The van der Waals surface area contributed by atoms with Crippen LogP contribution >= 0.6 is 22.9 Å². The number of nitrogens with one attached hydrogen (secondary N) is 2. The molecule has 11 heteroatoms. The van der Waals surface area contributed by atoms with Gasteiger partial charge in [-0.2, -0.15) is 9.78 Å². The highest BCUT2D eigenvalue weighted by atomic mass is 35.5. The Morgan fingerprint density at radius 1 is 1.00 bits per heavy atom. The summed E-state index contributed by atoms with van der Waals surface area (Å²) in [5.41, 5.74) is 2.18. The van der Waals surface area contributed by atoms with Gasteiger partial charge in [-0.3, -0.25) is 19.4 Å². The molecule has 2 amide bonds. The number of carbonyl (C=O) groups excluding carboxylic acids is 2. The molecule has 1 aliphatic rings. The summed E-state index contributed by atoms with van der Waals surface area (Å²) in [5, 5.41) is 10.1. The summed E-state index contributed by atoms with van der Waals surface area (Å²) in [6, 6.07) is 23.2. The number of aromatic nitrogens is 4. The molecule has 6 rings (SSSR count). The van der Waals surface area contributed by atoms with Gasteiger partial charge in [-0.15, -0.1) is 11.3 Å². The molecule has 194 valence electrons. The molecule has 9 nitrogen and oxygen atoms in total. The first-order chi connectivity index (χ1) is 18.9. The molecule has 1 unspecified atom stereocenters. The van der Waals surface area contributed by atoms with Crippen LogP contribution in [0, 0.1) is 5.92 Å². The second-order valence-corrected chi connectivity index (χ2v) is 10.4. The monoisotopic (exact) mass is 556 g/mol. The minimum Gasteiger partial charge on any atom is -0.312 e. The number of aromatic amines is 1. The first-order valence-corrected chi connectivity index (χ1v) is 13.4. The quantitative estimate of drug-likeness (QED) is 0.306. The highest BCUT2D eigenvalue weighted by Gasteiger charge is 2.35. The number of benzene rings is 2. The van der Waals surface area contributed by atoms with Gasteiger partial charge in [0.1, 0.15) is 11.5 Å². The number of H-pyrrole nitrogens is 1. The first-order valence-electron chi connectivity index (χ1n) is 12.1. The first kappa shape index (κ1) is 24.8. The van der Waals surface area contributed by atoms with Crippen molar-refractivity contribution in [2.24, 2.45) is 5.92 Å². The average molecular weight is 557 g/mol. The largest absolute Gasteiger partial charge is 0.312 e. The highest BCUT2D eigenvalue weighted by Crippen LogP contribution is 2.30. The number of carbonyl (C=O) groups is 2. The number of thiophene rings is 1. The van der Waals surface area contributed by atoms with E-state index in [2.05, 4.69) is 20.4 Å². The lowest BCUT2D eigenvalue weighted by Crippen LogP contribution is -2.28. The molecule has 0 aliphatic carbocycles. The maximum atomic E-state index is 13.4. The predicted molar refractivity (Wildman–Crippen MR) is 151 cm³/mol. The molecule has 5 aromatic rings. The molecule has 1 fully saturated rings. The molecule has 2 N–H and O–H groups in total. The van der Waals surface area contributed by atoms with Gasteiger partial charge in [0, 0.05) is 41.4 Å². The summed E-state index contributed by atoms with van der Waals surface area (Å²) >= 11 is 7.48. The van der Waals surface area contributed by atoms with Gasteiger partial charge in [-0.05, 0) is 35.7 Å². The van der Waals surface area contributed by atoms with Gasteiger partial charge in [-0.1, -0.05) is 48.0 Å². The molecular formula is C28H21ClN6O3S. The Labute approximate surface area is 231 Å². The number of amides is 2. The van der Waals surface area contributed by atoms with Crippen molar-refractivity contribution in [2.75, 3.05) is 16.8 Å². The van der Waals surface area contributed by atoms with Crippen molar-refractivity contribution >= 4 is 46.3 Å². The van der Waals surface area contributed by atoms with Gasteiger partial charge in [0.2, 0.25) is 17.8 Å². The minimum atomic E-state index is -0.579. The van der Waals surface area contributed by atoms with E-state index in [9.17, 15) is 14.4 Å². The number of rotatable bonds is 6. The van der Waals surface area contributed by atoms with Crippen molar-refractivity contribution in [1.29, 1.82) is 0 Å². The molecule has 0 bridgehead atoms. The zero-order valence-corrected chi connectivity index (χ0v) is 21.9. The third kappa shape index (κ3) is 5.12. The van der Waals surface area contributed by atoms with Crippen LogP contribution in [0.25, 0.3) is 27.8 Å². The van der Waals surface area contributed by atoms with E-state index in [4.69, 9.17) is 11.6 Å². The fraction of sp³-hybridized carbons (Fsp3) is 0.107. The third-order valence-electron chi connectivity index (χ3n) is 6.37. The molecule has 0 spiro atoms. The normalized spacial score (nSPS) is 15.1. The van der Waals surface area contributed by atoms with Gasteiger partial charge >= 0.3 is 0 Å². The van der Waals surface area contributed by atoms with Crippen LogP contribution in [0.15, 0.2) is 89.0 Å². The van der Waals surface area contributed by atoms with Crippen LogP contribution < -0.4 is 15.8 Å². The number of hydrogen-bond acceptors (Lipinski definition) is 6. The van der Waals surface area contributed by atoms with Crippen molar-refractivity contribution < 1.29 is 9.59 Å². The number of hydrogen-bond donors (Lipinski definition) is 2. The Balaban J connectivity index is 1.32. The van der Waals surface area contributed by atoms with E-state index in [0.29, 0.717) is 27.9 Å². The summed E-state index contributed by atoms with van der Waals surface area (Å²) in [7, 11) is 0. The number of halogens is 1. The van der Waals surface area contributed by atoms with E-state index in [1.54, 1.807) is 35.2 Å². The van der Waals surface area contributed by atoms with Crippen molar-refractivity contribution in [1.82, 2.24) is 19.7 Å². The van der Waals surface area contributed by atoms with Gasteiger partial charge < -0.3 is 10.2 Å². The molecule has 4 heterocycles. The van der Waals surface area contributed by atoms with E-state index < -0.39 is 5.92 Å². The van der Waals surface area contributed by atoms with E-state index in [1.165, 1.54) is 22.1 Å². The summed E-state index contributed by atoms with van der Waals surface area (Å²) in [6.45, 7) is 0.233. The van der Waals surface area contributed by atoms with Crippen LogP contribution in [-0.4, -0.2) is 38.1 Å². The maximum Gasteiger partial charge on any atom is 0.252 e. The van der Waals surface area contributed by atoms with E-state index in [1.807, 2.05) is 47.8 Å². The Morgan fingerprint density at radius 3 is 2.54 bits per heavy atom. The SMILES string of the molecule is O=C(Nc1cc(-c2cccs2)nn1-c1nc(-c2ccccc2)cc(=O)[nH]1)C1CC(=O)N(c2ccc(Cl)cc2)C1. The van der Waals surface area contributed by atoms with Crippen molar-refractivity contribution in [3.8, 4) is 27.8 Å². The van der Waals surface area contributed by atoms with Gasteiger partial charge in [0.05, 0.1) is 16.5 Å². The summed E-state index contributed by atoms with van der Waals surface area (Å²) in [5.74, 6) is -0.574. The van der Waals surface area contributed by atoms with Gasteiger partial charge in [0.15, 0.2) is 0 Å². The Morgan fingerprint density at radius 2 is 1.79 bits per heavy atom. The Hall–Kier alpha value is -4.54. The molecular weight excluding hydrogens is 536 g/mol. The van der Waals surface area contributed by atoms with E-state index in [0.717, 1.165) is 10.4 Å². The lowest BCUT2D eigenvalue weighted by Gasteiger charge is -2.17. The summed E-state index contributed by atoms with van der Waals surface area (Å²) < 4.78 is 1.41. The van der Waals surface area contributed by atoms with Crippen molar-refractivity contribution in [3.63, 3.8) is 0 Å². The number of nitrogens with zero attached hydrogens (tertiary/aromatic N) is 4. The van der Waals surface area contributed by atoms with Gasteiger partial charge in [0.25, 0.3) is 5.56 Å². The topological polar surface area (TPSA) is 113 Å². The highest BCUT2D eigenvalue weighted by molar-refractivity contribution is 7.13. The van der Waals surface area contributed by atoms with Crippen molar-refractivity contribution in [3.05, 3.63) is 99.6 Å². The second kappa shape index (κ2) is 10.3. The minimum absolute atomic E-state index is 0.0684.